The fourth-order valence-corrected chi connectivity index (χ4v) is 4.08. The number of hydrogen-bond donors (Lipinski definition) is 1. The maximum atomic E-state index is 12.2. The van der Waals surface area contributed by atoms with Crippen molar-refractivity contribution in [2.75, 3.05) is 19.1 Å². The first-order valence-corrected chi connectivity index (χ1v) is 9.48. The molecule has 1 saturated carbocycles. The summed E-state index contributed by atoms with van der Waals surface area (Å²) in [5, 5.41) is 3.21. The van der Waals surface area contributed by atoms with Crippen LogP contribution in [0, 0.1) is 5.92 Å². The summed E-state index contributed by atoms with van der Waals surface area (Å²) < 4.78 is 34.9. The van der Waals surface area contributed by atoms with Gasteiger partial charge in [0.1, 0.15) is 0 Å². The van der Waals surface area contributed by atoms with Crippen LogP contribution in [-0.2, 0) is 20.6 Å². The smallest absolute Gasteiger partial charge is 0.175 e. The van der Waals surface area contributed by atoms with Gasteiger partial charge in [0.25, 0.3) is 0 Å². The molecule has 106 valence electrons. The fraction of sp³-hybridized carbons (Fsp3) is 0.538. The van der Waals surface area contributed by atoms with E-state index in [1.54, 1.807) is 12.1 Å². The molecule has 0 spiro atoms. The predicted molar refractivity (Wildman–Crippen MR) is 76.4 cm³/mol. The summed E-state index contributed by atoms with van der Waals surface area (Å²) in [6, 6.07) is 6.62. The SMILES string of the molecule is CNC(CS(=O)c1ccc(S(C)(=O)=O)cc1)C1CC1. The van der Waals surface area contributed by atoms with Crippen LogP contribution in [0.4, 0.5) is 0 Å². The zero-order chi connectivity index (χ0) is 14.0. The monoisotopic (exact) mass is 301 g/mol. The van der Waals surface area contributed by atoms with Gasteiger partial charge in [-0.1, -0.05) is 0 Å². The number of nitrogens with one attached hydrogen (secondary N) is 1. The van der Waals surface area contributed by atoms with Crippen LogP contribution in [0.3, 0.4) is 0 Å². The van der Waals surface area contributed by atoms with E-state index in [0.29, 0.717) is 16.6 Å². The Morgan fingerprint density at radius 2 is 1.89 bits per heavy atom. The van der Waals surface area contributed by atoms with Crippen molar-refractivity contribution in [1.82, 2.24) is 5.32 Å². The minimum absolute atomic E-state index is 0.264. The van der Waals surface area contributed by atoms with E-state index >= 15 is 0 Å². The lowest BCUT2D eigenvalue weighted by Crippen LogP contribution is -2.33. The highest BCUT2D eigenvalue weighted by molar-refractivity contribution is 7.90. The Morgan fingerprint density at radius 3 is 2.32 bits per heavy atom. The molecule has 1 aromatic carbocycles. The van der Waals surface area contributed by atoms with Gasteiger partial charge >= 0.3 is 0 Å². The summed E-state index contributed by atoms with van der Waals surface area (Å²) >= 11 is 0. The quantitative estimate of drug-likeness (QED) is 0.857. The van der Waals surface area contributed by atoms with Gasteiger partial charge in [0.2, 0.25) is 0 Å². The van der Waals surface area contributed by atoms with Crippen molar-refractivity contribution in [2.24, 2.45) is 5.92 Å². The zero-order valence-corrected chi connectivity index (χ0v) is 12.8. The highest BCUT2D eigenvalue weighted by atomic mass is 32.2. The van der Waals surface area contributed by atoms with Crippen molar-refractivity contribution in [3.05, 3.63) is 24.3 Å². The van der Waals surface area contributed by atoms with Gasteiger partial charge in [-0.05, 0) is 50.1 Å². The number of hydrogen-bond acceptors (Lipinski definition) is 4. The molecule has 4 nitrogen and oxygen atoms in total. The summed E-state index contributed by atoms with van der Waals surface area (Å²) in [5.41, 5.74) is 0. The third kappa shape index (κ3) is 3.87. The second kappa shape index (κ2) is 5.73. The molecule has 0 bridgehead atoms. The molecule has 19 heavy (non-hydrogen) atoms. The average Bonchev–Trinajstić information content (AvgIpc) is 3.19. The Balaban J connectivity index is 2.07. The van der Waals surface area contributed by atoms with Crippen LogP contribution in [0.5, 0.6) is 0 Å². The summed E-state index contributed by atoms with van der Waals surface area (Å²) in [4.78, 5) is 0.953. The van der Waals surface area contributed by atoms with Crippen molar-refractivity contribution in [2.45, 2.75) is 28.7 Å². The van der Waals surface area contributed by atoms with Crippen LogP contribution >= 0.6 is 0 Å². The lowest BCUT2D eigenvalue weighted by Gasteiger charge is -2.14. The van der Waals surface area contributed by atoms with Crippen molar-refractivity contribution in [1.29, 1.82) is 0 Å². The summed E-state index contributed by atoms with van der Waals surface area (Å²) in [6.45, 7) is 0. The van der Waals surface area contributed by atoms with Crippen LogP contribution in [-0.4, -0.2) is 37.7 Å². The first-order valence-electron chi connectivity index (χ1n) is 6.27. The minimum atomic E-state index is -3.19. The van der Waals surface area contributed by atoms with Crippen LogP contribution in [0.1, 0.15) is 12.8 Å². The predicted octanol–water partition coefficient (Wildman–Crippen LogP) is 1.20. The van der Waals surface area contributed by atoms with Gasteiger partial charge in [-0.2, -0.15) is 0 Å². The van der Waals surface area contributed by atoms with Crippen LogP contribution in [0.25, 0.3) is 0 Å². The molecule has 1 aliphatic rings. The number of benzene rings is 1. The van der Waals surface area contributed by atoms with Gasteiger partial charge < -0.3 is 5.32 Å². The van der Waals surface area contributed by atoms with Crippen LogP contribution in [0.2, 0.25) is 0 Å². The molecule has 1 fully saturated rings. The van der Waals surface area contributed by atoms with E-state index in [1.807, 2.05) is 7.05 Å². The molecule has 0 heterocycles. The van der Waals surface area contributed by atoms with Crippen molar-refractivity contribution in [3.63, 3.8) is 0 Å². The second-order valence-corrected chi connectivity index (χ2v) is 8.50. The third-order valence-electron chi connectivity index (χ3n) is 3.41. The van der Waals surface area contributed by atoms with Gasteiger partial charge in [-0.3, -0.25) is 4.21 Å². The molecule has 2 rings (SSSR count). The number of sulfone groups is 1. The summed E-state index contributed by atoms with van der Waals surface area (Å²) in [5.74, 6) is 1.23. The van der Waals surface area contributed by atoms with E-state index in [0.717, 1.165) is 0 Å². The molecule has 0 radical (unpaired) electrons. The largest absolute Gasteiger partial charge is 0.316 e. The van der Waals surface area contributed by atoms with Gasteiger partial charge in [0.05, 0.1) is 15.7 Å². The van der Waals surface area contributed by atoms with E-state index in [1.165, 1.54) is 31.2 Å². The molecule has 0 aromatic heterocycles. The zero-order valence-electron chi connectivity index (χ0n) is 11.1. The molecule has 1 aliphatic carbocycles. The van der Waals surface area contributed by atoms with E-state index in [4.69, 9.17) is 0 Å². The van der Waals surface area contributed by atoms with Crippen molar-refractivity contribution < 1.29 is 12.6 Å². The first-order chi connectivity index (χ1) is 8.91. The van der Waals surface area contributed by atoms with E-state index < -0.39 is 20.6 Å². The molecule has 0 saturated heterocycles. The molecule has 0 aliphatic heterocycles. The standard InChI is InChI=1S/C13H19NO3S2/c1-14-13(10-3-4-10)9-18(15)11-5-7-12(8-6-11)19(2,16)17/h5-8,10,13-14H,3-4,9H2,1-2H3. The number of rotatable bonds is 6. The lowest BCUT2D eigenvalue weighted by atomic mass is 10.2. The molecule has 1 aromatic rings. The fourth-order valence-electron chi connectivity index (χ4n) is 2.05. The Hall–Kier alpha value is -0.720. The van der Waals surface area contributed by atoms with Crippen LogP contribution < -0.4 is 5.32 Å². The minimum Gasteiger partial charge on any atom is -0.316 e. The maximum absolute atomic E-state index is 12.2. The van der Waals surface area contributed by atoms with E-state index in [2.05, 4.69) is 5.32 Å². The van der Waals surface area contributed by atoms with Crippen molar-refractivity contribution >= 4 is 20.6 Å². The topological polar surface area (TPSA) is 63.2 Å². The molecular weight excluding hydrogens is 282 g/mol. The molecule has 2 unspecified atom stereocenters. The Labute approximate surface area is 117 Å². The second-order valence-electron chi connectivity index (χ2n) is 4.99. The van der Waals surface area contributed by atoms with E-state index in [-0.39, 0.29) is 10.9 Å². The van der Waals surface area contributed by atoms with Gasteiger partial charge in [-0.25, -0.2) is 8.42 Å². The maximum Gasteiger partial charge on any atom is 0.175 e. The summed E-state index contributed by atoms with van der Waals surface area (Å²) in [7, 11) is -2.38. The summed E-state index contributed by atoms with van der Waals surface area (Å²) in [6.07, 6.45) is 3.58. The Kier molecular flexibility index (Phi) is 4.43. The third-order valence-corrected chi connectivity index (χ3v) is 6.00. The Morgan fingerprint density at radius 1 is 1.32 bits per heavy atom. The lowest BCUT2D eigenvalue weighted by molar-refractivity contribution is 0.546. The van der Waals surface area contributed by atoms with Gasteiger partial charge in [0.15, 0.2) is 9.84 Å². The van der Waals surface area contributed by atoms with Gasteiger partial charge in [-0.15, -0.1) is 0 Å². The molecule has 1 N–H and O–H groups in total. The van der Waals surface area contributed by atoms with Crippen molar-refractivity contribution in [3.8, 4) is 0 Å². The van der Waals surface area contributed by atoms with Gasteiger partial charge in [0, 0.05) is 22.9 Å². The highest BCUT2D eigenvalue weighted by Crippen LogP contribution is 2.33. The van der Waals surface area contributed by atoms with E-state index in [9.17, 15) is 12.6 Å². The molecule has 0 amide bonds. The average molecular weight is 301 g/mol. The molecular formula is C13H19NO3S2. The van der Waals surface area contributed by atoms with Crippen LogP contribution in [0.15, 0.2) is 34.1 Å². The first kappa shape index (κ1) is 14.7. The Bertz CT molecular complexity index is 562. The normalized spacial score (nSPS) is 19.1. The molecule has 6 heteroatoms. The molecule has 2 atom stereocenters. The highest BCUT2D eigenvalue weighted by Gasteiger charge is 2.31.